The molecule has 6 nitrogen and oxygen atoms in total. The molecule has 2 atom stereocenters. The first kappa shape index (κ1) is 17.4. The molecule has 1 aromatic carbocycles. The molecule has 2 aliphatic heterocycles. The first-order chi connectivity index (χ1) is 11.9. The second kappa shape index (κ2) is 6.82. The maximum Gasteiger partial charge on any atom is 0.305 e. The molecule has 3 rings (SSSR count). The zero-order chi connectivity index (χ0) is 18.1. The molecule has 2 unspecified atom stereocenters. The van der Waals surface area contributed by atoms with Crippen LogP contribution in [0.2, 0.25) is 0 Å². The maximum atomic E-state index is 13.4. The summed E-state index contributed by atoms with van der Waals surface area (Å²) in [6.07, 6.45) is 1.50. The molecule has 1 N–H and O–H groups in total. The quantitative estimate of drug-likeness (QED) is 0.902. The first-order valence-corrected chi connectivity index (χ1v) is 8.45. The van der Waals surface area contributed by atoms with E-state index < -0.39 is 11.9 Å². The summed E-state index contributed by atoms with van der Waals surface area (Å²) in [4.78, 5) is 39.2. The summed E-state index contributed by atoms with van der Waals surface area (Å²) in [5.74, 6) is -2.06. The fourth-order valence-corrected chi connectivity index (χ4v) is 3.69. The molecule has 2 fully saturated rings. The summed E-state index contributed by atoms with van der Waals surface area (Å²) in [6, 6.07) is 4.16. The Bertz CT molecular complexity index is 721. The van der Waals surface area contributed by atoms with Crippen molar-refractivity contribution in [3.8, 4) is 0 Å². The van der Waals surface area contributed by atoms with Crippen molar-refractivity contribution in [2.45, 2.75) is 38.6 Å². The molecule has 2 aliphatic rings. The number of hydrogen-bond acceptors (Lipinski definition) is 3. The molecule has 7 heteroatoms. The van der Waals surface area contributed by atoms with Crippen LogP contribution in [0.1, 0.15) is 31.2 Å². The Morgan fingerprint density at radius 3 is 2.80 bits per heavy atom. The number of likely N-dealkylation sites (tertiary alicyclic amines) is 1. The number of aryl methyl sites for hydroxylation is 1. The lowest BCUT2D eigenvalue weighted by atomic mass is 10.1. The number of carboxylic acid groups (broad SMARTS) is 1. The topological polar surface area (TPSA) is 77.9 Å². The van der Waals surface area contributed by atoms with Crippen LogP contribution >= 0.6 is 0 Å². The number of carbonyl (C=O) groups is 3. The number of halogens is 1. The van der Waals surface area contributed by atoms with Crippen LogP contribution in [-0.4, -0.2) is 46.9 Å². The van der Waals surface area contributed by atoms with Gasteiger partial charge in [0.2, 0.25) is 11.8 Å². The van der Waals surface area contributed by atoms with Crippen LogP contribution in [0.3, 0.4) is 0 Å². The standard InChI is InChI=1S/C18H21FN2O4/c1-11-7-14(4-5-15(11)19)21-10-12(8-16(21)22)18(25)20-6-2-3-13(20)9-17(23)24/h4-5,7,12-13H,2-3,6,8-10H2,1H3,(H,23,24). The molecule has 2 amide bonds. The minimum absolute atomic E-state index is 0.0622. The van der Waals surface area contributed by atoms with E-state index in [0.717, 1.165) is 6.42 Å². The van der Waals surface area contributed by atoms with Crippen LogP contribution < -0.4 is 4.90 Å². The highest BCUT2D eigenvalue weighted by atomic mass is 19.1. The summed E-state index contributed by atoms with van der Waals surface area (Å²) in [5, 5.41) is 8.99. The van der Waals surface area contributed by atoms with Gasteiger partial charge in [0.25, 0.3) is 0 Å². The Morgan fingerprint density at radius 1 is 1.36 bits per heavy atom. The van der Waals surface area contributed by atoms with Crippen LogP contribution in [0, 0.1) is 18.7 Å². The normalized spacial score (nSPS) is 23.4. The average molecular weight is 348 g/mol. The number of nitrogens with zero attached hydrogens (tertiary/aromatic N) is 2. The number of amides is 2. The lowest BCUT2D eigenvalue weighted by Gasteiger charge is -2.26. The second-order valence-electron chi connectivity index (χ2n) is 6.76. The monoisotopic (exact) mass is 348 g/mol. The summed E-state index contributed by atoms with van der Waals surface area (Å²) in [5.41, 5.74) is 1.03. The number of carboxylic acids is 1. The lowest BCUT2D eigenvalue weighted by molar-refractivity contribution is -0.141. The molecule has 0 spiro atoms. The predicted molar refractivity (Wildman–Crippen MR) is 88.6 cm³/mol. The highest BCUT2D eigenvalue weighted by molar-refractivity contribution is 6.00. The fourth-order valence-electron chi connectivity index (χ4n) is 3.69. The van der Waals surface area contributed by atoms with Crippen molar-refractivity contribution in [1.29, 1.82) is 0 Å². The van der Waals surface area contributed by atoms with Gasteiger partial charge in [0, 0.05) is 31.2 Å². The van der Waals surface area contributed by atoms with E-state index in [1.807, 2.05) is 0 Å². The van der Waals surface area contributed by atoms with Crippen molar-refractivity contribution < 1.29 is 23.9 Å². The Kier molecular flexibility index (Phi) is 4.74. The molecule has 0 radical (unpaired) electrons. The highest BCUT2D eigenvalue weighted by Gasteiger charge is 2.40. The Labute approximate surface area is 145 Å². The van der Waals surface area contributed by atoms with Crippen LogP contribution in [-0.2, 0) is 14.4 Å². The number of benzene rings is 1. The number of aliphatic carboxylic acids is 1. The number of rotatable bonds is 4. The van der Waals surface area contributed by atoms with Crippen molar-refractivity contribution in [3.05, 3.63) is 29.6 Å². The van der Waals surface area contributed by atoms with Crippen molar-refractivity contribution in [2.24, 2.45) is 5.92 Å². The lowest BCUT2D eigenvalue weighted by Crippen LogP contribution is -2.41. The van der Waals surface area contributed by atoms with Gasteiger partial charge in [0.05, 0.1) is 12.3 Å². The molecular formula is C18H21FN2O4. The molecule has 25 heavy (non-hydrogen) atoms. The minimum Gasteiger partial charge on any atom is -0.481 e. The highest BCUT2D eigenvalue weighted by Crippen LogP contribution is 2.30. The Balaban J connectivity index is 1.72. The Hall–Kier alpha value is -2.44. The van der Waals surface area contributed by atoms with E-state index in [4.69, 9.17) is 5.11 Å². The van der Waals surface area contributed by atoms with E-state index in [1.54, 1.807) is 17.9 Å². The van der Waals surface area contributed by atoms with Crippen LogP contribution in [0.25, 0.3) is 0 Å². The van der Waals surface area contributed by atoms with E-state index in [2.05, 4.69) is 0 Å². The SMILES string of the molecule is Cc1cc(N2CC(C(=O)N3CCCC3CC(=O)O)CC2=O)ccc1F. The van der Waals surface area contributed by atoms with Crippen molar-refractivity contribution in [2.75, 3.05) is 18.0 Å². The first-order valence-electron chi connectivity index (χ1n) is 8.45. The van der Waals surface area contributed by atoms with Crippen molar-refractivity contribution >= 4 is 23.5 Å². The van der Waals surface area contributed by atoms with Gasteiger partial charge in [-0.3, -0.25) is 14.4 Å². The van der Waals surface area contributed by atoms with Crippen molar-refractivity contribution in [1.82, 2.24) is 4.90 Å². The number of anilines is 1. The molecule has 0 aromatic heterocycles. The third-order valence-electron chi connectivity index (χ3n) is 5.00. The predicted octanol–water partition coefficient (Wildman–Crippen LogP) is 1.95. The maximum absolute atomic E-state index is 13.4. The molecule has 1 aromatic rings. The van der Waals surface area contributed by atoms with Crippen LogP contribution in [0.4, 0.5) is 10.1 Å². The van der Waals surface area contributed by atoms with E-state index in [0.29, 0.717) is 24.2 Å². The summed E-state index contributed by atoms with van der Waals surface area (Å²) in [6.45, 7) is 2.42. The van der Waals surface area contributed by atoms with Gasteiger partial charge in [0.1, 0.15) is 5.82 Å². The summed E-state index contributed by atoms with van der Waals surface area (Å²) >= 11 is 0. The molecule has 134 valence electrons. The minimum atomic E-state index is -0.921. The molecule has 2 heterocycles. The van der Waals surface area contributed by atoms with E-state index in [-0.39, 0.29) is 43.1 Å². The summed E-state index contributed by atoms with van der Waals surface area (Å²) in [7, 11) is 0. The van der Waals surface area contributed by atoms with Crippen LogP contribution in [0.15, 0.2) is 18.2 Å². The zero-order valence-corrected chi connectivity index (χ0v) is 14.1. The van der Waals surface area contributed by atoms with Gasteiger partial charge < -0.3 is 14.9 Å². The molecule has 0 saturated carbocycles. The van der Waals surface area contributed by atoms with Gasteiger partial charge in [-0.2, -0.15) is 0 Å². The number of hydrogen-bond donors (Lipinski definition) is 1. The van der Waals surface area contributed by atoms with Crippen LogP contribution in [0.5, 0.6) is 0 Å². The third-order valence-corrected chi connectivity index (χ3v) is 5.00. The molecule has 2 saturated heterocycles. The fraction of sp³-hybridized carbons (Fsp3) is 0.500. The summed E-state index contributed by atoms with van der Waals surface area (Å²) < 4.78 is 13.4. The number of carbonyl (C=O) groups excluding carboxylic acids is 2. The van der Waals surface area contributed by atoms with E-state index in [9.17, 15) is 18.8 Å². The van der Waals surface area contributed by atoms with Gasteiger partial charge >= 0.3 is 5.97 Å². The zero-order valence-electron chi connectivity index (χ0n) is 14.1. The second-order valence-corrected chi connectivity index (χ2v) is 6.76. The van der Waals surface area contributed by atoms with Gasteiger partial charge in [-0.15, -0.1) is 0 Å². The average Bonchev–Trinajstić information content (AvgIpc) is 3.15. The Morgan fingerprint density at radius 2 is 2.12 bits per heavy atom. The van der Waals surface area contributed by atoms with E-state index in [1.165, 1.54) is 17.0 Å². The molecular weight excluding hydrogens is 327 g/mol. The van der Waals surface area contributed by atoms with Gasteiger partial charge in [-0.05, 0) is 43.5 Å². The van der Waals surface area contributed by atoms with Gasteiger partial charge in [-0.1, -0.05) is 0 Å². The molecule has 0 aliphatic carbocycles. The largest absolute Gasteiger partial charge is 0.481 e. The molecule has 0 bridgehead atoms. The van der Waals surface area contributed by atoms with Crippen molar-refractivity contribution in [3.63, 3.8) is 0 Å². The van der Waals surface area contributed by atoms with Gasteiger partial charge in [0.15, 0.2) is 0 Å². The van der Waals surface area contributed by atoms with E-state index >= 15 is 0 Å². The smallest absolute Gasteiger partial charge is 0.305 e. The third kappa shape index (κ3) is 3.50. The van der Waals surface area contributed by atoms with Gasteiger partial charge in [-0.25, -0.2) is 4.39 Å².